The van der Waals surface area contributed by atoms with Gasteiger partial charge in [-0.2, -0.15) is 11.3 Å². The molecule has 19 heavy (non-hydrogen) atoms. The summed E-state index contributed by atoms with van der Waals surface area (Å²) < 4.78 is 0. The molecule has 2 nitrogen and oxygen atoms in total. The summed E-state index contributed by atoms with van der Waals surface area (Å²) in [5, 5.41) is 8.14. The van der Waals surface area contributed by atoms with Gasteiger partial charge in [0.05, 0.1) is 0 Å². The number of aryl methyl sites for hydroxylation is 2. The predicted molar refractivity (Wildman–Crippen MR) is 82.8 cm³/mol. The van der Waals surface area contributed by atoms with Gasteiger partial charge in [-0.25, -0.2) is 0 Å². The highest BCUT2D eigenvalue weighted by atomic mass is 32.1. The van der Waals surface area contributed by atoms with Crippen LogP contribution >= 0.6 is 11.3 Å². The van der Waals surface area contributed by atoms with E-state index in [0.717, 1.165) is 19.4 Å². The summed E-state index contributed by atoms with van der Waals surface area (Å²) in [6, 6.07) is 4.52. The molecule has 0 saturated heterocycles. The van der Waals surface area contributed by atoms with E-state index in [1.54, 1.807) is 11.3 Å². The largest absolute Gasteiger partial charge is 0.310 e. The lowest BCUT2D eigenvalue weighted by Gasteiger charge is -2.19. The van der Waals surface area contributed by atoms with E-state index in [0.29, 0.717) is 6.04 Å². The van der Waals surface area contributed by atoms with Crippen LogP contribution in [-0.4, -0.2) is 11.5 Å². The van der Waals surface area contributed by atoms with E-state index in [9.17, 15) is 0 Å². The zero-order chi connectivity index (χ0) is 13.7. The summed E-state index contributed by atoms with van der Waals surface area (Å²) in [5.74, 6) is 0. The summed E-state index contributed by atoms with van der Waals surface area (Å²) in [6.07, 6.45) is 4.00. The second-order valence-corrected chi connectivity index (χ2v) is 5.73. The fourth-order valence-electron chi connectivity index (χ4n) is 2.26. The third-order valence-electron chi connectivity index (χ3n) is 3.43. The fraction of sp³-hybridized carbons (Fsp3) is 0.438. The number of pyridine rings is 1. The molecule has 0 aliphatic carbocycles. The minimum Gasteiger partial charge on any atom is -0.310 e. The molecule has 2 rings (SSSR count). The Bertz CT molecular complexity index is 519. The summed E-state index contributed by atoms with van der Waals surface area (Å²) >= 11 is 1.78. The van der Waals surface area contributed by atoms with Gasteiger partial charge in [0, 0.05) is 24.4 Å². The molecule has 0 spiro atoms. The van der Waals surface area contributed by atoms with E-state index in [4.69, 9.17) is 0 Å². The first-order valence-electron chi connectivity index (χ1n) is 6.89. The van der Waals surface area contributed by atoms with Crippen molar-refractivity contribution in [2.75, 3.05) is 6.54 Å². The van der Waals surface area contributed by atoms with E-state index in [1.807, 2.05) is 12.3 Å². The number of hydrogen-bond acceptors (Lipinski definition) is 3. The normalized spacial score (nSPS) is 12.6. The predicted octanol–water partition coefficient (Wildman–Crippen LogP) is 4.04. The Morgan fingerprint density at radius 1 is 1.26 bits per heavy atom. The van der Waals surface area contributed by atoms with Crippen LogP contribution in [0.15, 0.2) is 29.1 Å². The number of hydrogen-bond donors (Lipinski definition) is 1. The number of thiophene rings is 1. The maximum Gasteiger partial charge on any atom is 0.0451 e. The summed E-state index contributed by atoms with van der Waals surface area (Å²) in [7, 11) is 0. The van der Waals surface area contributed by atoms with Gasteiger partial charge in [-0.05, 0) is 60.3 Å². The van der Waals surface area contributed by atoms with E-state index in [1.165, 1.54) is 22.4 Å². The minimum absolute atomic E-state index is 0.375. The lowest BCUT2D eigenvalue weighted by Crippen LogP contribution is -2.25. The molecular weight excluding hydrogens is 252 g/mol. The van der Waals surface area contributed by atoms with Crippen molar-refractivity contribution in [3.8, 4) is 0 Å². The lowest BCUT2D eigenvalue weighted by atomic mass is 9.99. The van der Waals surface area contributed by atoms with Gasteiger partial charge in [0.15, 0.2) is 0 Å². The van der Waals surface area contributed by atoms with Crippen molar-refractivity contribution in [1.82, 2.24) is 10.3 Å². The molecule has 0 aliphatic heterocycles. The second kappa shape index (κ2) is 6.83. The molecule has 2 heterocycles. The Labute approximate surface area is 119 Å². The summed E-state index contributed by atoms with van der Waals surface area (Å²) in [6.45, 7) is 7.58. The van der Waals surface area contributed by atoms with Crippen molar-refractivity contribution < 1.29 is 0 Å². The average molecular weight is 274 g/mol. The second-order valence-electron chi connectivity index (χ2n) is 4.99. The maximum atomic E-state index is 4.53. The molecule has 0 aromatic carbocycles. The van der Waals surface area contributed by atoms with Gasteiger partial charge in [0.25, 0.3) is 0 Å². The minimum atomic E-state index is 0.375. The quantitative estimate of drug-likeness (QED) is 0.860. The number of aromatic nitrogens is 1. The van der Waals surface area contributed by atoms with E-state index >= 15 is 0 Å². The van der Waals surface area contributed by atoms with Crippen LogP contribution in [0.3, 0.4) is 0 Å². The van der Waals surface area contributed by atoms with Crippen LogP contribution in [0.2, 0.25) is 0 Å². The van der Waals surface area contributed by atoms with Crippen LogP contribution in [0.4, 0.5) is 0 Å². The van der Waals surface area contributed by atoms with Gasteiger partial charge < -0.3 is 5.32 Å². The highest BCUT2D eigenvalue weighted by Gasteiger charge is 2.16. The van der Waals surface area contributed by atoms with E-state index < -0.39 is 0 Å². The maximum absolute atomic E-state index is 4.53. The van der Waals surface area contributed by atoms with Crippen molar-refractivity contribution >= 4 is 11.3 Å². The Morgan fingerprint density at radius 2 is 2.11 bits per heavy atom. The van der Waals surface area contributed by atoms with Gasteiger partial charge >= 0.3 is 0 Å². The Kier molecular flexibility index (Phi) is 5.11. The van der Waals surface area contributed by atoms with Crippen LogP contribution in [0, 0.1) is 13.8 Å². The molecule has 0 saturated carbocycles. The molecule has 1 N–H and O–H groups in total. The molecule has 1 atom stereocenters. The first-order chi connectivity index (χ1) is 9.22. The molecule has 0 radical (unpaired) electrons. The molecular formula is C16H22N2S. The third-order valence-corrected chi connectivity index (χ3v) is 4.31. The molecule has 102 valence electrons. The fourth-order valence-corrected chi connectivity index (χ4v) is 3.17. The van der Waals surface area contributed by atoms with Gasteiger partial charge in [0.1, 0.15) is 0 Å². The topological polar surface area (TPSA) is 24.9 Å². The van der Waals surface area contributed by atoms with Gasteiger partial charge in [0.2, 0.25) is 0 Å². The van der Waals surface area contributed by atoms with Crippen molar-refractivity contribution in [2.24, 2.45) is 0 Å². The third kappa shape index (κ3) is 3.64. The van der Waals surface area contributed by atoms with E-state index in [-0.39, 0.29) is 0 Å². The van der Waals surface area contributed by atoms with Crippen molar-refractivity contribution in [1.29, 1.82) is 0 Å². The molecule has 0 fully saturated rings. The first-order valence-corrected chi connectivity index (χ1v) is 7.83. The zero-order valence-electron chi connectivity index (χ0n) is 11.9. The van der Waals surface area contributed by atoms with Crippen molar-refractivity contribution in [3.63, 3.8) is 0 Å². The first kappa shape index (κ1) is 14.2. The molecule has 1 unspecified atom stereocenters. The monoisotopic (exact) mass is 274 g/mol. The molecule has 2 aromatic rings. The Hall–Kier alpha value is -1.19. The summed E-state index contributed by atoms with van der Waals surface area (Å²) in [5.41, 5.74) is 5.27. The molecule has 0 amide bonds. The van der Waals surface area contributed by atoms with Gasteiger partial charge in [-0.1, -0.05) is 13.0 Å². The van der Waals surface area contributed by atoms with Crippen LogP contribution in [-0.2, 0) is 6.42 Å². The van der Waals surface area contributed by atoms with Crippen molar-refractivity contribution in [2.45, 2.75) is 39.7 Å². The smallest absolute Gasteiger partial charge is 0.0451 e. The number of rotatable bonds is 6. The van der Waals surface area contributed by atoms with E-state index in [2.05, 4.69) is 47.9 Å². The number of nitrogens with one attached hydrogen (secondary N) is 1. The highest BCUT2D eigenvalue weighted by Crippen LogP contribution is 2.25. The highest BCUT2D eigenvalue weighted by molar-refractivity contribution is 7.08. The average Bonchev–Trinajstić information content (AvgIpc) is 2.83. The Morgan fingerprint density at radius 3 is 2.74 bits per heavy atom. The van der Waals surface area contributed by atoms with Crippen LogP contribution < -0.4 is 5.32 Å². The SMILES string of the molecule is CCCNC(Cc1ncccc1C)c1cscc1C. The van der Waals surface area contributed by atoms with Crippen LogP contribution in [0.5, 0.6) is 0 Å². The lowest BCUT2D eigenvalue weighted by molar-refractivity contribution is 0.522. The van der Waals surface area contributed by atoms with Crippen LogP contribution in [0.25, 0.3) is 0 Å². The molecule has 0 aliphatic rings. The van der Waals surface area contributed by atoms with Crippen LogP contribution in [0.1, 0.15) is 41.8 Å². The van der Waals surface area contributed by atoms with Gasteiger partial charge in [-0.15, -0.1) is 0 Å². The zero-order valence-corrected chi connectivity index (χ0v) is 12.8. The number of nitrogens with zero attached hydrogens (tertiary/aromatic N) is 1. The van der Waals surface area contributed by atoms with Gasteiger partial charge in [-0.3, -0.25) is 4.98 Å². The molecule has 0 bridgehead atoms. The summed E-state index contributed by atoms with van der Waals surface area (Å²) in [4.78, 5) is 4.53. The molecule has 3 heteroatoms. The molecule has 2 aromatic heterocycles. The van der Waals surface area contributed by atoms with Crippen molar-refractivity contribution in [3.05, 3.63) is 51.5 Å². The standard InChI is InChI=1S/C16H22N2S/c1-4-7-17-16(14-11-19-10-13(14)3)9-15-12(2)6-5-8-18-15/h5-6,8,10-11,16-17H,4,7,9H2,1-3H3. The Balaban J connectivity index is 2.19.